The molecule has 1 N–H and O–H groups in total. The van der Waals surface area contributed by atoms with Crippen molar-refractivity contribution in [2.75, 3.05) is 17.3 Å². The van der Waals surface area contributed by atoms with Crippen molar-refractivity contribution in [1.29, 1.82) is 5.26 Å². The Kier molecular flexibility index (Phi) is 6.51. The number of sulfone groups is 2. The van der Waals surface area contributed by atoms with Gasteiger partial charge < -0.3 is 5.32 Å². The van der Waals surface area contributed by atoms with E-state index in [4.69, 9.17) is 5.26 Å². The number of nitriles is 1. The van der Waals surface area contributed by atoms with E-state index < -0.39 is 24.9 Å². The van der Waals surface area contributed by atoms with Gasteiger partial charge in [0.1, 0.15) is 21.1 Å². The van der Waals surface area contributed by atoms with Crippen LogP contribution in [0.4, 0.5) is 11.5 Å². The molecular weight excluding hydrogens is 388 g/mol. The Labute approximate surface area is 159 Å². The van der Waals surface area contributed by atoms with Crippen molar-refractivity contribution in [1.82, 2.24) is 9.97 Å². The van der Waals surface area contributed by atoms with E-state index in [-0.39, 0.29) is 29.3 Å². The molecule has 0 radical (unpaired) electrons. The van der Waals surface area contributed by atoms with Crippen LogP contribution in [-0.2, 0) is 19.7 Å². The van der Waals surface area contributed by atoms with Gasteiger partial charge in [-0.05, 0) is 44.0 Å². The first-order chi connectivity index (χ1) is 12.6. The summed E-state index contributed by atoms with van der Waals surface area (Å²) in [5.41, 5.74) is 1.06. The number of rotatable bonds is 8. The van der Waals surface area contributed by atoms with Gasteiger partial charge in [0.15, 0.2) is 15.7 Å². The van der Waals surface area contributed by atoms with Gasteiger partial charge in [0.2, 0.25) is 0 Å². The van der Waals surface area contributed by atoms with Crippen LogP contribution in [0, 0.1) is 11.3 Å². The second-order valence-electron chi connectivity index (χ2n) is 6.15. The maximum atomic E-state index is 12.7. The quantitative estimate of drug-likeness (QED) is 0.702. The lowest BCUT2D eigenvalue weighted by Gasteiger charge is -2.12. The average molecular weight is 409 g/mol. The molecule has 0 fully saturated rings. The maximum absolute atomic E-state index is 12.7. The molecule has 1 unspecified atom stereocenters. The van der Waals surface area contributed by atoms with Crippen molar-refractivity contribution in [2.24, 2.45) is 0 Å². The Morgan fingerprint density at radius 3 is 2.44 bits per heavy atom. The van der Waals surface area contributed by atoms with E-state index in [1.165, 1.54) is 12.5 Å². The van der Waals surface area contributed by atoms with E-state index >= 15 is 0 Å². The summed E-state index contributed by atoms with van der Waals surface area (Å²) in [4.78, 5) is 7.74. The first-order valence-electron chi connectivity index (χ1n) is 8.12. The number of aromatic nitrogens is 2. The van der Waals surface area contributed by atoms with Crippen LogP contribution in [0.1, 0.15) is 25.3 Å². The summed E-state index contributed by atoms with van der Waals surface area (Å²) in [7, 11) is -6.89. The molecule has 2 aromatic rings. The van der Waals surface area contributed by atoms with Gasteiger partial charge in [-0.2, -0.15) is 5.26 Å². The summed E-state index contributed by atoms with van der Waals surface area (Å²) in [5.74, 6) is -0.0756. The average Bonchev–Trinajstić information content (AvgIpc) is 2.61. The molecule has 0 saturated heterocycles. The minimum Gasteiger partial charge on any atom is -0.339 e. The number of nitrogens with zero attached hydrogens (tertiary/aromatic N) is 3. The standard InChI is InChI=1S/C17H20N4O4S2/c1-13(26(2,22)23)4-3-9-27(24,25)16-11-19-12-20-17(16)21-15-7-5-14(10-18)6-8-15/h5-8,11-13H,3-4,9H2,1-2H3,(H,19,20,21). The molecule has 1 aromatic heterocycles. The van der Waals surface area contributed by atoms with Gasteiger partial charge in [0, 0.05) is 11.9 Å². The third kappa shape index (κ3) is 5.74. The fourth-order valence-electron chi connectivity index (χ4n) is 2.29. The fourth-order valence-corrected chi connectivity index (χ4v) is 4.27. The summed E-state index contributed by atoms with van der Waals surface area (Å²) < 4.78 is 48.2. The van der Waals surface area contributed by atoms with Gasteiger partial charge in [-0.3, -0.25) is 0 Å². The van der Waals surface area contributed by atoms with E-state index in [1.807, 2.05) is 6.07 Å². The zero-order chi connectivity index (χ0) is 20.1. The molecule has 0 saturated carbocycles. The Balaban J connectivity index is 2.16. The van der Waals surface area contributed by atoms with Crippen LogP contribution in [0.25, 0.3) is 0 Å². The Morgan fingerprint density at radius 2 is 1.85 bits per heavy atom. The molecule has 1 atom stereocenters. The lowest BCUT2D eigenvalue weighted by atomic mass is 10.2. The largest absolute Gasteiger partial charge is 0.339 e. The zero-order valence-corrected chi connectivity index (χ0v) is 16.6. The highest BCUT2D eigenvalue weighted by Crippen LogP contribution is 2.24. The van der Waals surface area contributed by atoms with Crippen LogP contribution in [0.3, 0.4) is 0 Å². The molecule has 0 aliphatic carbocycles. The van der Waals surface area contributed by atoms with Crippen LogP contribution < -0.4 is 5.32 Å². The number of hydrogen-bond acceptors (Lipinski definition) is 8. The second-order valence-corrected chi connectivity index (χ2v) is 10.7. The van der Waals surface area contributed by atoms with E-state index in [2.05, 4.69) is 15.3 Å². The zero-order valence-electron chi connectivity index (χ0n) is 15.0. The highest BCUT2D eigenvalue weighted by molar-refractivity contribution is 7.91. The van der Waals surface area contributed by atoms with E-state index in [0.717, 1.165) is 6.26 Å². The van der Waals surface area contributed by atoms with Crippen LogP contribution >= 0.6 is 0 Å². The highest BCUT2D eigenvalue weighted by Gasteiger charge is 2.22. The first-order valence-corrected chi connectivity index (χ1v) is 11.7. The summed E-state index contributed by atoms with van der Waals surface area (Å²) in [6.45, 7) is 1.56. The topological polar surface area (TPSA) is 130 Å². The number of nitrogens with one attached hydrogen (secondary N) is 1. The summed E-state index contributed by atoms with van der Waals surface area (Å²) in [5, 5.41) is 11.1. The van der Waals surface area contributed by atoms with Crippen molar-refractivity contribution in [3.63, 3.8) is 0 Å². The van der Waals surface area contributed by atoms with Crippen LogP contribution in [0.2, 0.25) is 0 Å². The normalized spacial score (nSPS) is 12.9. The fraction of sp³-hybridized carbons (Fsp3) is 0.353. The molecule has 0 amide bonds. The lowest BCUT2D eigenvalue weighted by molar-refractivity contribution is 0.575. The molecule has 0 bridgehead atoms. The predicted molar refractivity (Wildman–Crippen MR) is 102 cm³/mol. The van der Waals surface area contributed by atoms with Gasteiger partial charge in [-0.1, -0.05) is 0 Å². The smallest absolute Gasteiger partial charge is 0.183 e. The summed E-state index contributed by atoms with van der Waals surface area (Å²) >= 11 is 0. The monoisotopic (exact) mass is 408 g/mol. The molecule has 0 aliphatic heterocycles. The van der Waals surface area contributed by atoms with E-state index in [1.54, 1.807) is 31.2 Å². The molecule has 2 rings (SSSR count). The van der Waals surface area contributed by atoms with Crippen LogP contribution in [-0.4, -0.2) is 44.1 Å². The van der Waals surface area contributed by atoms with Crippen LogP contribution in [0.15, 0.2) is 41.7 Å². The molecular formula is C17H20N4O4S2. The molecule has 0 spiro atoms. The van der Waals surface area contributed by atoms with Crippen molar-refractivity contribution < 1.29 is 16.8 Å². The minimum absolute atomic E-state index is 0.0543. The van der Waals surface area contributed by atoms with Crippen molar-refractivity contribution in [3.8, 4) is 6.07 Å². The van der Waals surface area contributed by atoms with E-state index in [9.17, 15) is 16.8 Å². The van der Waals surface area contributed by atoms with Gasteiger partial charge >= 0.3 is 0 Å². The molecule has 144 valence electrons. The summed E-state index contributed by atoms with van der Waals surface area (Å²) in [6, 6.07) is 8.49. The van der Waals surface area contributed by atoms with Crippen LogP contribution in [0.5, 0.6) is 0 Å². The Morgan fingerprint density at radius 1 is 1.19 bits per heavy atom. The molecule has 27 heavy (non-hydrogen) atoms. The minimum atomic E-state index is -3.70. The Hall–Kier alpha value is -2.51. The molecule has 8 nitrogen and oxygen atoms in total. The number of benzene rings is 1. The lowest BCUT2D eigenvalue weighted by Crippen LogP contribution is -2.18. The van der Waals surface area contributed by atoms with Crippen molar-refractivity contribution >= 4 is 31.2 Å². The predicted octanol–water partition coefficient (Wildman–Crippen LogP) is 2.08. The first kappa shape index (κ1) is 20.8. The second kappa shape index (κ2) is 8.45. The summed E-state index contributed by atoms with van der Waals surface area (Å²) in [6.07, 6.45) is 4.05. The van der Waals surface area contributed by atoms with Gasteiger partial charge in [-0.25, -0.2) is 26.8 Å². The Bertz CT molecular complexity index is 1040. The van der Waals surface area contributed by atoms with Gasteiger partial charge in [0.05, 0.1) is 28.8 Å². The molecule has 1 heterocycles. The molecule has 1 aromatic carbocycles. The highest BCUT2D eigenvalue weighted by atomic mass is 32.2. The van der Waals surface area contributed by atoms with Crippen molar-refractivity contribution in [2.45, 2.75) is 29.9 Å². The van der Waals surface area contributed by atoms with Crippen molar-refractivity contribution in [3.05, 3.63) is 42.4 Å². The molecule has 10 heteroatoms. The third-order valence-electron chi connectivity index (χ3n) is 4.05. The third-order valence-corrected chi connectivity index (χ3v) is 7.54. The molecule has 0 aliphatic rings. The number of anilines is 2. The van der Waals surface area contributed by atoms with Gasteiger partial charge in [0.25, 0.3) is 0 Å². The SMILES string of the molecule is CC(CCCS(=O)(=O)c1cncnc1Nc1ccc(C#N)cc1)S(C)(=O)=O. The maximum Gasteiger partial charge on any atom is 0.183 e. The van der Waals surface area contributed by atoms with Gasteiger partial charge in [-0.15, -0.1) is 0 Å². The van der Waals surface area contributed by atoms with E-state index in [0.29, 0.717) is 11.3 Å². The number of hydrogen-bond donors (Lipinski definition) is 1.